The summed E-state index contributed by atoms with van der Waals surface area (Å²) in [6.45, 7) is 5.59. The summed E-state index contributed by atoms with van der Waals surface area (Å²) < 4.78 is 0. The summed E-state index contributed by atoms with van der Waals surface area (Å²) in [5, 5.41) is 11.6. The van der Waals surface area contributed by atoms with Gasteiger partial charge in [0.25, 0.3) is 0 Å². The zero-order valence-electron chi connectivity index (χ0n) is 10.7. The Hall–Kier alpha value is -1.83. The number of hydrogen-bond donors (Lipinski definition) is 1. The highest BCUT2D eigenvalue weighted by molar-refractivity contribution is 5.48. The molecule has 0 amide bonds. The molecule has 5 nitrogen and oxygen atoms in total. The van der Waals surface area contributed by atoms with Gasteiger partial charge in [0.05, 0.1) is 12.5 Å². The minimum atomic E-state index is 0.475. The van der Waals surface area contributed by atoms with E-state index in [-0.39, 0.29) is 0 Å². The zero-order valence-corrected chi connectivity index (χ0v) is 10.7. The lowest BCUT2D eigenvalue weighted by Gasteiger charge is -2.18. The lowest BCUT2D eigenvalue weighted by molar-refractivity contribution is 0.828. The number of rotatable bonds is 6. The van der Waals surface area contributed by atoms with Gasteiger partial charge in [-0.25, -0.2) is 9.97 Å². The average Bonchev–Trinajstić information content (AvgIpc) is 2.29. The molecule has 92 valence electrons. The van der Waals surface area contributed by atoms with Crippen LogP contribution in [0.5, 0.6) is 0 Å². The summed E-state index contributed by atoms with van der Waals surface area (Å²) in [5.74, 6) is 2.44. The van der Waals surface area contributed by atoms with Crippen LogP contribution in [0.15, 0.2) is 6.07 Å². The van der Waals surface area contributed by atoms with Gasteiger partial charge >= 0.3 is 0 Å². The molecule has 1 N–H and O–H groups in total. The van der Waals surface area contributed by atoms with Crippen molar-refractivity contribution < 1.29 is 0 Å². The fraction of sp³-hybridized carbons (Fsp3) is 0.583. The molecule has 1 heterocycles. The minimum absolute atomic E-state index is 0.475. The van der Waals surface area contributed by atoms with Crippen molar-refractivity contribution >= 4 is 11.6 Å². The van der Waals surface area contributed by atoms with Crippen molar-refractivity contribution in [2.45, 2.75) is 26.7 Å². The second kappa shape index (κ2) is 6.69. The van der Waals surface area contributed by atoms with Gasteiger partial charge in [0.2, 0.25) is 0 Å². The molecule has 1 rings (SSSR count). The molecule has 0 aliphatic rings. The maximum Gasteiger partial charge on any atom is 0.134 e. The number of nitrogens with one attached hydrogen (secondary N) is 1. The number of aryl methyl sites for hydroxylation is 1. The summed E-state index contributed by atoms with van der Waals surface area (Å²) in [6, 6.07) is 4.01. The van der Waals surface area contributed by atoms with Crippen molar-refractivity contribution in [2.75, 3.05) is 30.4 Å². The fourth-order valence-corrected chi connectivity index (χ4v) is 1.53. The van der Waals surface area contributed by atoms with Gasteiger partial charge in [-0.2, -0.15) is 5.26 Å². The highest BCUT2D eigenvalue weighted by Gasteiger charge is 2.05. The van der Waals surface area contributed by atoms with E-state index >= 15 is 0 Å². The van der Waals surface area contributed by atoms with Crippen LogP contribution in [0.1, 0.15) is 25.6 Å². The maximum atomic E-state index is 8.48. The Morgan fingerprint density at radius 2 is 2.24 bits per heavy atom. The van der Waals surface area contributed by atoms with Gasteiger partial charge in [-0.3, -0.25) is 0 Å². The molecular weight excluding hydrogens is 214 g/mol. The van der Waals surface area contributed by atoms with Gasteiger partial charge in [0, 0.05) is 26.2 Å². The van der Waals surface area contributed by atoms with Gasteiger partial charge in [0.15, 0.2) is 0 Å². The van der Waals surface area contributed by atoms with E-state index in [1.807, 2.05) is 20.0 Å². The Morgan fingerprint density at radius 1 is 1.47 bits per heavy atom. The first-order valence-corrected chi connectivity index (χ1v) is 5.85. The van der Waals surface area contributed by atoms with Crippen molar-refractivity contribution in [1.82, 2.24) is 9.97 Å². The van der Waals surface area contributed by atoms with Crippen LogP contribution in [0.4, 0.5) is 11.6 Å². The first-order valence-electron chi connectivity index (χ1n) is 5.85. The third kappa shape index (κ3) is 4.27. The molecule has 0 aliphatic carbocycles. The third-order valence-electron chi connectivity index (χ3n) is 2.32. The molecule has 0 aliphatic heterocycles. The molecule has 0 radical (unpaired) electrons. The van der Waals surface area contributed by atoms with Crippen LogP contribution in [-0.2, 0) is 0 Å². The Balaban J connectivity index is 2.75. The molecule has 5 heteroatoms. The Bertz CT molecular complexity index is 396. The molecule has 0 spiro atoms. The number of anilines is 2. The van der Waals surface area contributed by atoms with Crippen LogP contribution in [0.2, 0.25) is 0 Å². The normalized spacial score (nSPS) is 9.76. The minimum Gasteiger partial charge on any atom is -0.369 e. The van der Waals surface area contributed by atoms with Crippen LogP contribution in [0, 0.1) is 18.3 Å². The van der Waals surface area contributed by atoms with Gasteiger partial charge in [-0.05, 0) is 13.3 Å². The molecule has 0 bridgehead atoms. The van der Waals surface area contributed by atoms with Gasteiger partial charge in [0.1, 0.15) is 17.5 Å². The summed E-state index contributed by atoms with van der Waals surface area (Å²) in [7, 11) is 2.02. The average molecular weight is 233 g/mol. The molecule has 0 atom stereocenters. The lowest BCUT2D eigenvalue weighted by atomic mass is 10.4. The highest BCUT2D eigenvalue weighted by Crippen LogP contribution is 2.14. The lowest BCUT2D eigenvalue weighted by Crippen LogP contribution is -2.20. The summed E-state index contributed by atoms with van der Waals surface area (Å²) in [6.07, 6.45) is 1.56. The van der Waals surface area contributed by atoms with Crippen molar-refractivity contribution in [3.63, 3.8) is 0 Å². The molecule has 0 fully saturated rings. The van der Waals surface area contributed by atoms with E-state index in [2.05, 4.69) is 33.2 Å². The number of hydrogen-bond acceptors (Lipinski definition) is 5. The van der Waals surface area contributed by atoms with Crippen LogP contribution in [0.3, 0.4) is 0 Å². The molecular formula is C12H19N5. The monoisotopic (exact) mass is 233 g/mol. The predicted molar refractivity (Wildman–Crippen MR) is 69.0 cm³/mol. The topological polar surface area (TPSA) is 64.8 Å². The largest absolute Gasteiger partial charge is 0.369 e. The summed E-state index contributed by atoms with van der Waals surface area (Å²) in [5.41, 5.74) is 0. The van der Waals surface area contributed by atoms with E-state index in [0.717, 1.165) is 30.4 Å². The molecule has 0 saturated heterocycles. The second-order valence-electron chi connectivity index (χ2n) is 3.92. The van der Waals surface area contributed by atoms with Gasteiger partial charge in [-0.1, -0.05) is 6.92 Å². The SMILES string of the molecule is CCCN(C)c1cc(NCCC#N)nc(C)n1. The molecule has 1 aromatic heterocycles. The van der Waals surface area contributed by atoms with Crippen molar-refractivity contribution in [2.24, 2.45) is 0 Å². The highest BCUT2D eigenvalue weighted by atomic mass is 15.2. The van der Waals surface area contributed by atoms with E-state index in [1.165, 1.54) is 0 Å². The van der Waals surface area contributed by atoms with Gasteiger partial charge in [-0.15, -0.1) is 0 Å². The van der Waals surface area contributed by atoms with Crippen LogP contribution < -0.4 is 10.2 Å². The Labute approximate surface area is 102 Å². The van der Waals surface area contributed by atoms with E-state index < -0.39 is 0 Å². The van der Waals surface area contributed by atoms with Crippen molar-refractivity contribution in [3.8, 4) is 6.07 Å². The van der Waals surface area contributed by atoms with E-state index in [1.54, 1.807) is 0 Å². The number of nitrogens with zero attached hydrogens (tertiary/aromatic N) is 4. The zero-order chi connectivity index (χ0) is 12.7. The predicted octanol–water partition coefficient (Wildman–Crippen LogP) is 1.96. The second-order valence-corrected chi connectivity index (χ2v) is 3.92. The van der Waals surface area contributed by atoms with E-state index in [0.29, 0.717) is 13.0 Å². The Morgan fingerprint density at radius 3 is 2.88 bits per heavy atom. The molecule has 17 heavy (non-hydrogen) atoms. The van der Waals surface area contributed by atoms with Gasteiger partial charge < -0.3 is 10.2 Å². The van der Waals surface area contributed by atoms with E-state index in [4.69, 9.17) is 5.26 Å². The summed E-state index contributed by atoms with van der Waals surface area (Å²) >= 11 is 0. The van der Waals surface area contributed by atoms with Crippen LogP contribution in [0.25, 0.3) is 0 Å². The molecule has 0 aromatic carbocycles. The first-order chi connectivity index (χ1) is 8.17. The standard InChI is InChI=1S/C12H19N5/c1-4-8-17(3)12-9-11(14-7-5-6-13)15-10(2)16-12/h9H,4-5,7-8H2,1-3H3,(H,14,15,16). The molecule has 0 saturated carbocycles. The molecule has 0 unspecified atom stereocenters. The fourth-order valence-electron chi connectivity index (χ4n) is 1.53. The smallest absolute Gasteiger partial charge is 0.134 e. The summed E-state index contributed by atoms with van der Waals surface area (Å²) in [4.78, 5) is 10.8. The first kappa shape index (κ1) is 13.2. The van der Waals surface area contributed by atoms with Crippen molar-refractivity contribution in [1.29, 1.82) is 5.26 Å². The maximum absolute atomic E-state index is 8.48. The van der Waals surface area contributed by atoms with E-state index in [9.17, 15) is 0 Å². The van der Waals surface area contributed by atoms with Crippen molar-refractivity contribution in [3.05, 3.63) is 11.9 Å². The van der Waals surface area contributed by atoms with Crippen LogP contribution >= 0.6 is 0 Å². The van der Waals surface area contributed by atoms with Crippen LogP contribution in [-0.4, -0.2) is 30.1 Å². The third-order valence-corrected chi connectivity index (χ3v) is 2.32. The number of aromatic nitrogens is 2. The number of nitriles is 1. The Kier molecular flexibility index (Phi) is 5.21. The quantitative estimate of drug-likeness (QED) is 0.761. The molecule has 1 aromatic rings.